The number of nitrogens with zero attached hydrogens (tertiary/aromatic N) is 1. The van der Waals surface area contributed by atoms with Crippen molar-refractivity contribution < 1.29 is 19.2 Å². The van der Waals surface area contributed by atoms with Gasteiger partial charge in [-0.25, -0.2) is 0 Å². The monoisotopic (exact) mass is 373 g/mol. The number of nitro benzene ring substituents is 1. The summed E-state index contributed by atoms with van der Waals surface area (Å²) in [4.78, 5) is 22.9. The highest BCUT2D eigenvalue weighted by Crippen LogP contribution is 2.25. The lowest BCUT2D eigenvalue weighted by Crippen LogP contribution is -2.25. The zero-order chi connectivity index (χ0) is 19.5. The molecule has 0 fully saturated rings. The smallest absolute Gasteiger partial charge is 0.293 e. The lowest BCUT2D eigenvalue weighted by atomic mass is 10.1. The number of hydrogen-bond donors (Lipinski definition) is 2. The molecule has 0 aliphatic heterocycles. The number of carbonyl (C=O) groups excluding carboxylic acids is 1. The minimum absolute atomic E-state index is 0.147. The number of ether oxygens (including phenoxy) is 2. The molecular formula is C19H23N3O5. The van der Waals surface area contributed by atoms with Crippen LogP contribution in [0.5, 0.6) is 5.75 Å². The first kappa shape index (κ1) is 20.2. The van der Waals surface area contributed by atoms with Crippen LogP contribution in [0.2, 0.25) is 0 Å². The average Bonchev–Trinajstić information content (AvgIpc) is 2.68. The maximum absolute atomic E-state index is 12.2. The van der Waals surface area contributed by atoms with Crippen molar-refractivity contribution in [3.63, 3.8) is 0 Å². The molecule has 0 radical (unpaired) electrons. The number of amides is 1. The second-order valence-electron chi connectivity index (χ2n) is 5.68. The van der Waals surface area contributed by atoms with Crippen LogP contribution in [0.1, 0.15) is 16.8 Å². The van der Waals surface area contributed by atoms with Crippen LogP contribution in [0.4, 0.5) is 11.4 Å². The van der Waals surface area contributed by atoms with E-state index in [4.69, 9.17) is 9.47 Å². The number of para-hydroxylation sites is 1. The Hall–Kier alpha value is -3.13. The van der Waals surface area contributed by atoms with Crippen LogP contribution < -0.4 is 15.4 Å². The fourth-order valence-electron chi connectivity index (χ4n) is 2.34. The molecule has 0 atom stereocenters. The zero-order valence-electron chi connectivity index (χ0n) is 15.1. The molecule has 2 rings (SSSR count). The third kappa shape index (κ3) is 6.59. The van der Waals surface area contributed by atoms with E-state index in [0.717, 1.165) is 5.75 Å². The summed E-state index contributed by atoms with van der Waals surface area (Å²) in [5.41, 5.74) is 0.444. The van der Waals surface area contributed by atoms with Crippen molar-refractivity contribution in [3.05, 3.63) is 64.2 Å². The number of rotatable bonds is 11. The van der Waals surface area contributed by atoms with Crippen molar-refractivity contribution >= 4 is 17.3 Å². The Labute approximate surface area is 157 Å². The largest absolute Gasteiger partial charge is 0.494 e. The lowest BCUT2D eigenvalue weighted by molar-refractivity contribution is -0.384. The van der Waals surface area contributed by atoms with E-state index in [1.165, 1.54) is 12.1 Å². The van der Waals surface area contributed by atoms with Crippen molar-refractivity contribution in [1.29, 1.82) is 0 Å². The van der Waals surface area contributed by atoms with Crippen LogP contribution in [-0.4, -0.2) is 44.2 Å². The topological polar surface area (TPSA) is 103 Å². The van der Waals surface area contributed by atoms with Gasteiger partial charge in [0, 0.05) is 31.8 Å². The molecule has 2 N–H and O–H groups in total. The van der Waals surface area contributed by atoms with E-state index in [2.05, 4.69) is 10.6 Å². The van der Waals surface area contributed by atoms with Crippen molar-refractivity contribution in [2.45, 2.75) is 6.42 Å². The Morgan fingerprint density at radius 3 is 2.59 bits per heavy atom. The van der Waals surface area contributed by atoms with Gasteiger partial charge in [0.05, 0.1) is 18.1 Å². The van der Waals surface area contributed by atoms with E-state index < -0.39 is 4.92 Å². The van der Waals surface area contributed by atoms with Gasteiger partial charge in [-0.15, -0.1) is 0 Å². The summed E-state index contributed by atoms with van der Waals surface area (Å²) in [6.45, 7) is 1.73. The highest BCUT2D eigenvalue weighted by atomic mass is 16.6. The molecule has 27 heavy (non-hydrogen) atoms. The number of anilines is 1. The first-order valence-electron chi connectivity index (χ1n) is 8.59. The maximum Gasteiger partial charge on any atom is 0.293 e. The van der Waals surface area contributed by atoms with Gasteiger partial charge < -0.3 is 20.1 Å². The second-order valence-corrected chi connectivity index (χ2v) is 5.68. The van der Waals surface area contributed by atoms with Gasteiger partial charge in [0.1, 0.15) is 11.4 Å². The first-order chi connectivity index (χ1) is 13.1. The van der Waals surface area contributed by atoms with Crippen molar-refractivity contribution in [2.75, 3.05) is 38.7 Å². The molecule has 2 aromatic carbocycles. The van der Waals surface area contributed by atoms with Crippen molar-refractivity contribution in [1.82, 2.24) is 5.32 Å². The van der Waals surface area contributed by atoms with Gasteiger partial charge in [-0.05, 0) is 30.7 Å². The fourth-order valence-corrected chi connectivity index (χ4v) is 2.34. The van der Waals surface area contributed by atoms with Crippen LogP contribution in [0.3, 0.4) is 0 Å². The maximum atomic E-state index is 12.2. The van der Waals surface area contributed by atoms with Crippen LogP contribution in [0.25, 0.3) is 0 Å². The van der Waals surface area contributed by atoms with Crippen LogP contribution in [-0.2, 0) is 4.74 Å². The van der Waals surface area contributed by atoms with E-state index in [1.807, 2.05) is 30.3 Å². The molecule has 0 saturated heterocycles. The van der Waals surface area contributed by atoms with Gasteiger partial charge in [-0.1, -0.05) is 18.2 Å². The Bertz CT molecular complexity index is 752. The predicted molar refractivity (Wildman–Crippen MR) is 102 cm³/mol. The lowest BCUT2D eigenvalue weighted by Gasteiger charge is -2.09. The SMILES string of the molecule is COCCNc1ccc(C(=O)NCCCOc2ccccc2)cc1[N+](=O)[O-]. The molecule has 0 aliphatic rings. The van der Waals surface area contributed by atoms with Gasteiger partial charge in [-0.2, -0.15) is 0 Å². The standard InChI is InChI=1S/C19H23N3O5/c1-26-13-11-20-17-9-8-15(14-18(17)22(24)25)19(23)21-10-5-12-27-16-6-3-2-4-7-16/h2-4,6-9,14,20H,5,10-13H2,1H3,(H,21,23). The number of carbonyl (C=O) groups is 1. The quantitative estimate of drug-likeness (QED) is 0.357. The molecule has 8 heteroatoms. The Morgan fingerprint density at radius 1 is 1.11 bits per heavy atom. The zero-order valence-corrected chi connectivity index (χ0v) is 15.1. The fraction of sp³-hybridized carbons (Fsp3) is 0.316. The van der Waals surface area contributed by atoms with Crippen molar-refractivity contribution in [3.8, 4) is 5.75 Å². The van der Waals surface area contributed by atoms with E-state index in [9.17, 15) is 14.9 Å². The van der Waals surface area contributed by atoms with Gasteiger partial charge in [0.25, 0.3) is 11.6 Å². The van der Waals surface area contributed by atoms with Gasteiger partial charge in [0.2, 0.25) is 0 Å². The highest BCUT2D eigenvalue weighted by molar-refractivity contribution is 5.95. The molecule has 0 aliphatic carbocycles. The summed E-state index contributed by atoms with van der Waals surface area (Å²) in [5.74, 6) is 0.414. The molecule has 144 valence electrons. The van der Waals surface area contributed by atoms with E-state index in [1.54, 1.807) is 13.2 Å². The van der Waals surface area contributed by atoms with Crippen LogP contribution >= 0.6 is 0 Å². The summed E-state index contributed by atoms with van der Waals surface area (Å²) in [5, 5.41) is 16.9. The summed E-state index contributed by atoms with van der Waals surface area (Å²) < 4.78 is 10.5. The molecule has 0 heterocycles. The summed E-state index contributed by atoms with van der Waals surface area (Å²) in [7, 11) is 1.55. The Kier molecular flexibility index (Phi) is 8.05. The number of nitrogens with one attached hydrogen (secondary N) is 2. The predicted octanol–water partition coefficient (Wildman–Crippen LogP) is 2.85. The number of hydrogen-bond acceptors (Lipinski definition) is 6. The molecular weight excluding hydrogens is 350 g/mol. The number of methoxy groups -OCH3 is 1. The molecule has 1 amide bonds. The molecule has 0 bridgehead atoms. The third-order valence-electron chi connectivity index (χ3n) is 3.70. The van der Waals surface area contributed by atoms with Crippen molar-refractivity contribution in [2.24, 2.45) is 0 Å². The van der Waals surface area contributed by atoms with E-state index >= 15 is 0 Å². The Morgan fingerprint density at radius 2 is 1.89 bits per heavy atom. The van der Waals surface area contributed by atoms with Crippen LogP contribution in [0.15, 0.2) is 48.5 Å². The second kappa shape index (κ2) is 10.8. The minimum Gasteiger partial charge on any atom is -0.494 e. The summed E-state index contributed by atoms with van der Waals surface area (Å²) >= 11 is 0. The first-order valence-corrected chi connectivity index (χ1v) is 8.59. The molecule has 8 nitrogen and oxygen atoms in total. The molecule has 0 unspecified atom stereocenters. The normalized spacial score (nSPS) is 10.3. The third-order valence-corrected chi connectivity index (χ3v) is 3.70. The molecule has 2 aromatic rings. The Balaban J connectivity index is 1.84. The van der Waals surface area contributed by atoms with Crippen LogP contribution in [0, 0.1) is 10.1 Å². The molecule has 0 saturated carbocycles. The highest BCUT2D eigenvalue weighted by Gasteiger charge is 2.17. The molecule has 0 spiro atoms. The summed E-state index contributed by atoms with van der Waals surface area (Å²) in [6, 6.07) is 13.8. The number of benzene rings is 2. The number of nitro groups is 1. The van der Waals surface area contributed by atoms with Gasteiger partial charge >= 0.3 is 0 Å². The minimum atomic E-state index is -0.514. The van der Waals surface area contributed by atoms with E-state index in [-0.39, 0.29) is 17.2 Å². The van der Waals surface area contributed by atoms with E-state index in [0.29, 0.717) is 38.4 Å². The average molecular weight is 373 g/mol. The van der Waals surface area contributed by atoms with Gasteiger partial charge in [0.15, 0.2) is 0 Å². The van der Waals surface area contributed by atoms with Gasteiger partial charge in [-0.3, -0.25) is 14.9 Å². The molecule has 0 aromatic heterocycles. The summed E-state index contributed by atoms with van der Waals surface area (Å²) in [6.07, 6.45) is 0.624.